The van der Waals surface area contributed by atoms with E-state index in [0.717, 1.165) is 0 Å². The van der Waals surface area contributed by atoms with E-state index in [9.17, 15) is 33.6 Å². The minimum Gasteiger partial charge on any atom is -0.481 e. The van der Waals surface area contributed by atoms with E-state index in [1.807, 2.05) is 0 Å². The number of amides is 5. The van der Waals surface area contributed by atoms with E-state index in [2.05, 4.69) is 16.0 Å². The van der Waals surface area contributed by atoms with Gasteiger partial charge in [-0.15, -0.1) is 0 Å². The van der Waals surface area contributed by atoms with Crippen LogP contribution in [0, 0.1) is 5.92 Å². The summed E-state index contributed by atoms with van der Waals surface area (Å²) >= 11 is 0. The van der Waals surface area contributed by atoms with Gasteiger partial charge in [-0.3, -0.25) is 28.8 Å². The van der Waals surface area contributed by atoms with Gasteiger partial charge >= 0.3 is 11.9 Å². The van der Waals surface area contributed by atoms with Crippen molar-refractivity contribution in [3.05, 3.63) is 0 Å². The number of carboxylic acids is 2. The third-order valence-corrected chi connectivity index (χ3v) is 4.59. The molecule has 0 aliphatic carbocycles. The van der Waals surface area contributed by atoms with Crippen LogP contribution in [-0.4, -0.2) is 75.9 Å². The fourth-order valence-corrected chi connectivity index (χ4v) is 2.69. The summed E-state index contributed by atoms with van der Waals surface area (Å²) in [7, 11) is 0. The molecule has 0 aromatic carbocycles. The lowest BCUT2D eigenvalue weighted by Gasteiger charge is -2.26. The minimum absolute atomic E-state index is 0.0947. The number of nitrogens with two attached hydrogens (primary N) is 3. The van der Waals surface area contributed by atoms with E-state index in [4.69, 9.17) is 27.4 Å². The lowest BCUT2D eigenvalue weighted by atomic mass is 10.0. The Hall–Kier alpha value is -3.75. The van der Waals surface area contributed by atoms with Gasteiger partial charge in [0.25, 0.3) is 0 Å². The van der Waals surface area contributed by atoms with Crippen LogP contribution in [0.5, 0.6) is 0 Å². The van der Waals surface area contributed by atoms with Crippen molar-refractivity contribution >= 4 is 41.5 Å². The van der Waals surface area contributed by atoms with Crippen molar-refractivity contribution in [1.82, 2.24) is 16.0 Å². The van der Waals surface area contributed by atoms with Gasteiger partial charge in [-0.05, 0) is 18.8 Å². The fraction of sp³-hybridized carbons (Fsp3) is 0.632. The highest BCUT2D eigenvalue weighted by atomic mass is 16.4. The van der Waals surface area contributed by atoms with Crippen molar-refractivity contribution in [2.45, 2.75) is 70.1 Å². The summed E-state index contributed by atoms with van der Waals surface area (Å²) in [5.41, 5.74) is 15.8. The smallest absolute Gasteiger partial charge is 0.326 e. The van der Waals surface area contributed by atoms with Crippen molar-refractivity contribution in [1.29, 1.82) is 0 Å². The van der Waals surface area contributed by atoms with Crippen LogP contribution in [0.15, 0.2) is 0 Å². The van der Waals surface area contributed by atoms with Crippen molar-refractivity contribution < 1.29 is 43.8 Å². The van der Waals surface area contributed by atoms with Gasteiger partial charge < -0.3 is 43.4 Å². The molecule has 0 saturated carbocycles. The molecule has 192 valence electrons. The van der Waals surface area contributed by atoms with E-state index in [-0.39, 0.29) is 25.7 Å². The molecule has 4 atom stereocenters. The van der Waals surface area contributed by atoms with Gasteiger partial charge in [-0.25, -0.2) is 4.79 Å². The van der Waals surface area contributed by atoms with Gasteiger partial charge in [0.05, 0.1) is 12.5 Å². The van der Waals surface area contributed by atoms with Crippen LogP contribution in [0.3, 0.4) is 0 Å². The number of carboxylic acid groups (broad SMARTS) is 2. The molecule has 0 rings (SSSR count). The summed E-state index contributed by atoms with van der Waals surface area (Å²) in [6, 6.07) is -5.58. The second kappa shape index (κ2) is 14.4. The lowest BCUT2D eigenvalue weighted by molar-refractivity contribution is -0.147. The highest BCUT2D eigenvalue weighted by molar-refractivity contribution is 5.95. The first-order valence-electron chi connectivity index (χ1n) is 10.3. The third kappa shape index (κ3) is 11.8. The third-order valence-electron chi connectivity index (χ3n) is 4.59. The zero-order valence-electron chi connectivity index (χ0n) is 18.9. The molecular weight excluding hydrogens is 456 g/mol. The predicted molar refractivity (Wildman–Crippen MR) is 115 cm³/mol. The van der Waals surface area contributed by atoms with Gasteiger partial charge in [-0.2, -0.15) is 0 Å². The first-order chi connectivity index (χ1) is 15.6. The molecule has 0 heterocycles. The van der Waals surface area contributed by atoms with E-state index in [1.54, 1.807) is 0 Å². The molecule has 0 aromatic heterocycles. The van der Waals surface area contributed by atoms with Crippen LogP contribution < -0.4 is 33.2 Å². The average Bonchev–Trinajstić information content (AvgIpc) is 2.71. The number of hydrogen-bond acceptors (Lipinski definition) is 8. The quantitative estimate of drug-likeness (QED) is 0.106. The van der Waals surface area contributed by atoms with Crippen LogP contribution >= 0.6 is 0 Å². The average molecular weight is 488 g/mol. The van der Waals surface area contributed by atoms with E-state index in [1.165, 1.54) is 13.8 Å². The maximum atomic E-state index is 12.8. The maximum Gasteiger partial charge on any atom is 0.326 e. The number of aliphatic carboxylic acids is 2. The summed E-state index contributed by atoms with van der Waals surface area (Å²) in [6.45, 7) is 3.07. The first-order valence-corrected chi connectivity index (χ1v) is 10.3. The Balaban J connectivity index is 5.48. The molecule has 0 bridgehead atoms. The summed E-state index contributed by atoms with van der Waals surface area (Å²) in [6.07, 6.45) is -1.70. The normalized spacial score (nSPS) is 14.2. The van der Waals surface area contributed by atoms with Gasteiger partial charge in [-0.1, -0.05) is 13.8 Å². The van der Waals surface area contributed by atoms with Gasteiger partial charge in [0.1, 0.15) is 18.1 Å². The number of carbonyl (C=O) groups excluding carboxylic acids is 5. The molecular formula is C19H32N6O9. The predicted octanol–water partition coefficient (Wildman–Crippen LogP) is -3.49. The zero-order valence-corrected chi connectivity index (χ0v) is 18.9. The van der Waals surface area contributed by atoms with E-state index < -0.39 is 78.0 Å². The minimum atomic E-state index is -1.74. The van der Waals surface area contributed by atoms with Crippen LogP contribution in [0.4, 0.5) is 0 Å². The molecule has 0 fully saturated rings. The van der Waals surface area contributed by atoms with Crippen LogP contribution in [0.2, 0.25) is 0 Å². The molecule has 0 aromatic rings. The molecule has 0 aliphatic rings. The largest absolute Gasteiger partial charge is 0.481 e. The molecule has 4 unspecified atom stereocenters. The van der Waals surface area contributed by atoms with Gasteiger partial charge in [0.15, 0.2) is 0 Å². The first kappa shape index (κ1) is 30.2. The summed E-state index contributed by atoms with van der Waals surface area (Å²) in [4.78, 5) is 81.8. The lowest BCUT2D eigenvalue weighted by Crippen LogP contribution is -2.58. The fourth-order valence-electron chi connectivity index (χ4n) is 2.69. The molecule has 15 nitrogen and oxygen atoms in total. The summed E-state index contributed by atoms with van der Waals surface area (Å²) in [5, 5.41) is 24.7. The van der Waals surface area contributed by atoms with Crippen molar-refractivity contribution in [2.24, 2.45) is 23.1 Å². The monoisotopic (exact) mass is 488 g/mol. The maximum absolute atomic E-state index is 12.8. The highest BCUT2D eigenvalue weighted by Gasteiger charge is 2.32. The number of carbonyl (C=O) groups is 7. The zero-order chi connectivity index (χ0) is 26.6. The Morgan fingerprint density at radius 2 is 1.24 bits per heavy atom. The van der Waals surface area contributed by atoms with Crippen LogP contribution in [0.25, 0.3) is 0 Å². The number of nitrogens with one attached hydrogen (secondary N) is 3. The van der Waals surface area contributed by atoms with Crippen molar-refractivity contribution in [2.75, 3.05) is 0 Å². The Bertz CT molecular complexity index is 801. The van der Waals surface area contributed by atoms with Crippen LogP contribution in [-0.2, 0) is 33.6 Å². The summed E-state index contributed by atoms with van der Waals surface area (Å²) in [5.74, 6) is -7.73. The second-order valence-corrected chi connectivity index (χ2v) is 7.91. The molecule has 0 aliphatic heterocycles. The topological polar surface area (TPSA) is 274 Å². The molecule has 0 saturated heterocycles. The number of primary amides is 2. The molecule has 5 amide bonds. The molecule has 15 heteroatoms. The van der Waals surface area contributed by atoms with E-state index >= 15 is 0 Å². The number of rotatable bonds is 16. The highest BCUT2D eigenvalue weighted by Crippen LogP contribution is 2.07. The Labute approximate surface area is 195 Å². The van der Waals surface area contributed by atoms with Crippen molar-refractivity contribution in [3.8, 4) is 0 Å². The van der Waals surface area contributed by atoms with Crippen LogP contribution in [0.1, 0.15) is 46.0 Å². The standard InChI is InChI=1S/C19H32N6O9/c1-8(2)15(18(32)24-11(19(33)34)7-14(28)29)25-17(31)10(4-6-13(22)27)23-16(30)9(20)3-5-12(21)26/h8-11,15H,3-7,20H2,1-2H3,(H2,21,26)(H2,22,27)(H,23,30)(H,24,32)(H,25,31)(H,28,29)(H,33,34). The molecule has 11 N–H and O–H groups in total. The molecule has 0 spiro atoms. The second-order valence-electron chi connectivity index (χ2n) is 7.91. The molecule has 34 heavy (non-hydrogen) atoms. The van der Waals surface area contributed by atoms with E-state index in [0.29, 0.717) is 0 Å². The Morgan fingerprint density at radius 1 is 0.735 bits per heavy atom. The SMILES string of the molecule is CC(C)C(NC(=O)C(CCC(N)=O)NC(=O)C(N)CCC(N)=O)C(=O)NC(CC(=O)O)C(=O)O. The molecule has 0 radical (unpaired) electrons. The number of hydrogen-bond donors (Lipinski definition) is 8. The Morgan fingerprint density at radius 3 is 1.68 bits per heavy atom. The van der Waals surface area contributed by atoms with Crippen molar-refractivity contribution in [3.63, 3.8) is 0 Å². The summed E-state index contributed by atoms with van der Waals surface area (Å²) < 4.78 is 0. The van der Waals surface area contributed by atoms with Gasteiger partial charge in [0, 0.05) is 12.8 Å². The van der Waals surface area contributed by atoms with Gasteiger partial charge in [0.2, 0.25) is 29.5 Å². The Kier molecular flexibility index (Phi) is 12.8.